The minimum absolute atomic E-state index is 0.0987. The summed E-state index contributed by atoms with van der Waals surface area (Å²) in [6.45, 7) is 3.73. The van der Waals surface area contributed by atoms with Gasteiger partial charge in [-0.05, 0) is 13.8 Å². The van der Waals surface area contributed by atoms with Gasteiger partial charge < -0.3 is 5.32 Å². The third-order valence-electron chi connectivity index (χ3n) is 3.11. The maximum Gasteiger partial charge on any atom is 0.229 e. The molecule has 0 bridgehead atoms. The van der Waals surface area contributed by atoms with E-state index in [1.54, 1.807) is 6.92 Å². The van der Waals surface area contributed by atoms with E-state index in [0.717, 1.165) is 10.6 Å². The number of hydrogen-bond donors (Lipinski definition) is 2. The molecule has 1 aliphatic rings. The third kappa shape index (κ3) is 2.81. The summed E-state index contributed by atoms with van der Waals surface area (Å²) in [6.07, 6.45) is 0.600. The summed E-state index contributed by atoms with van der Waals surface area (Å²) < 4.78 is 0. The maximum absolute atomic E-state index is 11.8. The number of aryl methyl sites for hydroxylation is 2. The van der Waals surface area contributed by atoms with E-state index in [2.05, 4.69) is 15.5 Å². The van der Waals surface area contributed by atoms with Crippen molar-refractivity contribution in [2.45, 2.75) is 33.1 Å². The molecular weight excluding hydrogens is 248 g/mol. The van der Waals surface area contributed by atoms with Crippen molar-refractivity contribution in [1.82, 2.24) is 15.1 Å². The second-order valence-electron chi connectivity index (χ2n) is 4.55. The number of carbonyl (C=O) groups excluding carboxylic acids is 3. The Morgan fingerprint density at radius 2 is 1.95 bits per heavy atom. The third-order valence-corrected chi connectivity index (χ3v) is 3.11. The van der Waals surface area contributed by atoms with E-state index in [-0.39, 0.29) is 43.5 Å². The van der Waals surface area contributed by atoms with Gasteiger partial charge in [0.05, 0.1) is 17.1 Å². The molecule has 0 spiro atoms. The van der Waals surface area contributed by atoms with Crippen LogP contribution < -0.4 is 5.32 Å². The van der Waals surface area contributed by atoms with Gasteiger partial charge in [0.15, 0.2) is 0 Å². The highest BCUT2D eigenvalue weighted by molar-refractivity contribution is 6.02. The molecule has 1 aliphatic heterocycles. The molecular formula is C12H16N4O3. The molecule has 3 amide bonds. The second-order valence-corrected chi connectivity index (χ2v) is 4.55. The van der Waals surface area contributed by atoms with E-state index < -0.39 is 0 Å². The van der Waals surface area contributed by atoms with Gasteiger partial charge in [-0.3, -0.25) is 24.4 Å². The number of hydrogen-bond acceptors (Lipinski definition) is 4. The number of amides is 3. The number of aromatic amines is 1. The van der Waals surface area contributed by atoms with Crippen molar-refractivity contribution in [1.29, 1.82) is 0 Å². The van der Waals surface area contributed by atoms with Crippen molar-refractivity contribution in [3.8, 4) is 0 Å². The molecule has 0 saturated carbocycles. The van der Waals surface area contributed by atoms with Gasteiger partial charge in [0, 0.05) is 25.8 Å². The van der Waals surface area contributed by atoms with Crippen molar-refractivity contribution in [2.75, 3.05) is 11.9 Å². The Kier molecular flexibility index (Phi) is 3.64. The number of carbonyl (C=O) groups is 3. The summed E-state index contributed by atoms with van der Waals surface area (Å²) in [6, 6.07) is 0. The molecule has 1 aromatic rings. The molecule has 7 nitrogen and oxygen atoms in total. The van der Waals surface area contributed by atoms with Crippen molar-refractivity contribution < 1.29 is 14.4 Å². The van der Waals surface area contributed by atoms with Crippen molar-refractivity contribution >= 4 is 23.4 Å². The van der Waals surface area contributed by atoms with Crippen LogP contribution >= 0.6 is 0 Å². The van der Waals surface area contributed by atoms with Gasteiger partial charge in [0.1, 0.15) is 0 Å². The summed E-state index contributed by atoms with van der Waals surface area (Å²) in [5.74, 6) is -0.637. The summed E-state index contributed by atoms with van der Waals surface area (Å²) in [7, 11) is 0. The number of likely N-dealkylation sites (tertiary alicyclic amines) is 1. The number of nitrogens with zero attached hydrogens (tertiary/aromatic N) is 2. The highest BCUT2D eigenvalue weighted by Crippen LogP contribution is 2.17. The van der Waals surface area contributed by atoms with E-state index in [1.807, 2.05) is 6.92 Å². The van der Waals surface area contributed by atoms with E-state index in [0.29, 0.717) is 11.4 Å². The minimum Gasteiger partial charge on any atom is -0.323 e. The molecule has 102 valence electrons. The normalized spacial score (nSPS) is 15.2. The Morgan fingerprint density at radius 3 is 2.47 bits per heavy atom. The first-order chi connectivity index (χ1) is 8.99. The quantitative estimate of drug-likeness (QED) is 0.774. The van der Waals surface area contributed by atoms with Crippen LogP contribution in [-0.4, -0.2) is 39.4 Å². The number of H-pyrrole nitrogens is 1. The number of aromatic nitrogens is 2. The second kappa shape index (κ2) is 5.21. The van der Waals surface area contributed by atoms with Crippen LogP contribution in [0.2, 0.25) is 0 Å². The minimum atomic E-state index is -0.236. The van der Waals surface area contributed by atoms with Gasteiger partial charge in [-0.2, -0.15) is 5.10 Å². The summed E-state index contributed by atoms with van der Waals surface area (Å²) in [4.78, 5) is 35.7. The lowest BCUT2D eigenvalue weighted by molar-refractivity contribution is -0.138. The zero-order chi connectivity index (χ0) is 14.0. The van der Waals surface area contributed by atoms with E-state index in [1.165, 1.54) is 0 Å². The Bertz CT molecular complexity index is 500. The van der Waals surface area contributed by atoms with Crippen LogP contribution in [0.25, 0.3) is 0 Å². The average molecular weight is 264 g/mol. The first-order valence-electron chi connectivity index (χ1n) is 6.13. The lowest BCUT2D eigenvalue weighted by Gasteiger charge is -2.13. The molecule has 0 aromatic carbocycles. The number of anilines is 1. The molecule has 2 heterocycles. The monoisotopic (exact) mass is 264 g/mol. The Hall–Kier alpha value is -2.18. The number of rotatable bonds is 4. The summed E-state index contributed by atoms with van der Waals surface area (Å²) in [5.41, 5.74) is 2.14. The maximum atomic E-state index is 11.8. The van der Waals surface area contributed by atoms with Crippen LogP contribution in [0.4, 0.5) is 5.69 Å². The van der Waals surface area contributed by atoms with Crippen LogP contribution in [-0.2, 0) is 14.4 Å². The lowest BCUT2D eigenvalue weighted by atomic mass is 10.3. The average Bonchev–Trinajstić information content (AvgIpc) is 2.84. The molecule has 0 radical (unpaired) electrons. The van der Waals surface area contributed by atoms with E-state index in [4.69, 9.17) is 0 Å². The van der Waals surface area contributed by atoms with Crippen LogP contribution in [0.5, 0.6) is 0 Å². The molecule has 2 N–H and O–H groups in total. The first kappa shape index (κ1) is 13.3. The Labute approximate surface area is 110 Å². The molecule has 0 atom stereocenters. The van der Waals surface area contributed by atoms with Crippen LogP contribution in [0.1, 0.15) is 30.7 Å². The lowest BCUT2D eigenvalue weighted by Crippen LogP contribution is -2.32. The number of imide groups is 1. The zero-order valence-electron chi connectivity index (χ0n) is 10.9. The first-order valence-corrected chi connectivity index (χ1v) is 6.13. The van der Waals surface area contributed by atoms with E-state index >= 15 is 0 Å². The largest absolute Gasteiger partial charge is 0.323 e. The fraction of sp³-hybridized carbons (Fsp3) is 0.500. The molecule has 0 aliphatic carbocycles. The van der Waals surface area contributed by atoms with Gasteiger partial charge in [-0.1, -0.05) is 0 Å². The van der Waals surface area contributed by atoms with Gasteiger partial charge in [-0.25, -0.2) is 0 Å². The summed E-state index contributed by atoms with van der Waals surface area (Å²) in [5, 5.41) is 9.47. The highest BCUT2D eigenvalue weighted by Gasteiger charge is 2.28. The fourth-order valence-corrected chi connectivity index (χ4v) is 2.02. The smallest absolute Gasteiger partial charge is 0.229 e. The van der Waals surface area contributed by atoms with Gasteiger partial charge >= 0.3 is 0 Å². The standard InChI is InChI=1S/C12H16N4O3/c1-7-12(8(2)15-14-7)13-9(17)5-6-16-10(18)3-4-11(16)19/h3-6H2,1-2H3,(H,13,17)(H,14,15). The molecule has 1 aromatic heterocycles. The molecule has 7 heteroatoms. The van der Waals surface area contributed by atoms with Crippen LogP contribution in [0, 0.1) is 13.8 Å². The highest BCUT2D eigenvalue weighted by atomic mass is 16.2. The molecule has 19 heavy (non-hydrogen) atoms. The van der Waals surface area contributed by atoms with Crippen molar-refractivity contribution in [2.24, 2.45) is 0 Å². The molecule has 1 saturated heterocycles. The molecule has 0 unspecified atom stereocenters. The van der Waals surface area contributed by atoms with E-state index in [9.17, 15) is 14.4 Å². The Morgan fingerprint density at radius 1 is 1.32 bits per heavy atom. The zero-order valence-corrected chi connectivity index (χ0v) is 10.9. The van der Waals surface area contributed by atoms with Crippen LogP contribution in [0.3, 0.4) is 0 Å². The van der Waals surface area contributed by atoms with Gasteiger partial charge in [0.25, 0.3) is 0 Å². The van der Waals surface area contributed by atoms with Crippen molar-refractivity contribution in [3.63, 3.8) is 0 Å². The number of nitrogens with one attached hydrogen (secondary N) is 2. The van der Waals surface area contributed by atoms with Crippen molar-refractivity contribution in [3.05, 3.63) is 11.4 Å². The fourth-order valence-electron chi connectivity index (χ4n) is 2.02. The predicted octanol–water partition coefficient (Wildman–Crippen LogP) is 0.504. The Balaban J connectivity index is 1.89. The predicted molar refractivity (Wildman–Crippen MR) is 67.3 cm³/mol. The molecule has 2 rings (SSSR count). The van der Waals surface area contributed by atoms with Crippen LogP contribution in [0.15, 0.2) is 0 Å². The summed E-state index contributed by atoms with van der Waals surface area (Å²) >= 11 is 0. The molecule has 1 fully saturated rings. The van der Waals surface area contributed by atoms with Gasteiger partial charge in [-0.15, -0.1) is 0 Å². The SMILES string of the molecule is Cc1n[nH]c(C)c1NC(=O)CCN1C(=O)CCC1=O. The topological polar surface area (TPSA) is 95.2 Å². The van der Waals surface area contributed by atoms with Gasteiger partial charge in [0.2, 0.25) is 17.7 Å².